The molecule has 2 fully saturated rings. The Morgan fingerprint density at radius 2 is 2.02 bits per heavy atom. The van der Waals surface area contributed by atoms with E-state index in [9.17, 15) is 13.2 Å². The van der Waals surface area contributed by atoms with Crippen molar-refractivity contribution in [3.05, 3.63) is 60.8 Å². The van der Waals surface area contributed by atoms with E-state index in [0.717, 1.165) is 67.2 Å². The molecule has 10 heteroatoms. The van der Waals surface area contributed by atoms with Crippen LogP contribution >= 0.6 is 0 Å². The number of hydrogen-bond acceptors (Lipinski definition) is 5. The van der Waals surface area contributed by atoms with Gasteiger partial charge in [0.1, 0.15) is 23.6 Å². The van der Waals surface area contributed by atoms with E-state index < -0.39 is 11.7 Å². The third-order valence-corrected chi connectivity index (χ3v) is 8.97. The first-order valence-electron chi connectivity index (χ1n) is 14.7. The quantitative estimate of drug-likeness (QED) is 0.154. The average molecular weight is 566 g/mol. The number of nitrogens with zero attached hydrogens (tertiary/aromatic N) is 5. The lowest BCUT2D eigenvalue weighted by Gasteiger charge is -2.25. The predicted molar refractivity (Wildman–Crippen MR) is 156 cm³/mol. The lowest BCUT2D eigenvalue weighted by atomic mass is 9.89. The molecular formula is C31H38F3N7. The SMILES string of the molecule is C=CC1C(CN(C)CCCCc2nc3ccc(C(F)(F)F)cc3[nH]2)CC(n2ccc3c(NC4CC4)ncnc32)C1C. The summed E-state index contributed by atoms with van der Waals surface area (Å²) >= 11 is 0. The van der Waals surface area contributed by atoms with Gasteiger partial charge in [0.15, 0.2) is 0 Å². The highest BCUT2D eigenvalue weighted by Gasteiger charge is 2.40. The highest BCUT2D eigenvalue weighted by molar-refractivity contribution is 5.87. The summed E-state index contributed by atoms with van der Waals surface area (Å²) < 4.78 is 41.4. The largest absolute Gasteiger partial charge is 0.416 e. The fraction of sp³-hybridized carbons (Fsp3) is 0.516. The van der Waals surface area contributed by atoms with E-state index in [1.54, 1.807) is 6.33 Å². The van der Waals surface area contributed by atoms with E-state index in [1.165, 1.54) is 18.9 Å². The first-order valence-corrected chi connectivity index (χ1v) is 14.7. The highest BCUT2D eigenvalue weighted by Crippen LogP contribution is 2.46. The highest BCUT2D eigenvalue weighted by atomic mass is 19.4. The van der Waals surface area contributed by atoms with Crippen molar-refractivity contribution in [2.45, 2.75) is 63.7 Å². The number of anilines is 1. The van der Waals surface area contributed by atoms with E-state index >= 15 is 0 Å². The lowest BCUT2D eigenvalue weighted by molar-refractivity contribution is -0.137. The molecule has 2 aliphatic carbocycles. The van der Waals surface area contributed by atoms with Crippen molar-refractivity contribution in [2.24, 2.45) is 17.8 Å². The number of aryl methyl sites for hydroxylation is 1. The number of alkyl halides is 3. The van der Waals surface area contributed by atoms with Gasteiger partial charge in [-0.15, -0.1) is 6.58 Å². The van der Waals surface area contributed by atoms with Crippen molar-refractivity contribution in [3.8, 4) is 0 Å². The molecule has 0 saturated heterocycles. The molecule has 0 amide bonds. The van der Waals surface area contributed by atoms with Gasteiger partial charge in [-0.3, -0.25) is 0 Å². The molecule has 7 nitrogen and oxygen atoms in total. The Hall–Kier alpha value is -3.40. The van der Waals surface area contributed by atoms with E-state index in [-0.39, 0.29) is 0 Å². The van der Waals surface area contributed by atoms with Crippen molar-refractivity contribution >= 4 is 27.9 Å². The van der Waals surface area contributed by atoms with Crippen LogP contribution in [0.3, 0.4) is 0 Å². The van der Waals surface area contributed by atoms with Crippen LogP contribution in [0.2, 0.25) is 0 Å². The molecule has 41 heavy (non-hydrogen) atoms. The van der Waals surface area contributed by atoms with Crippen LogP contribution in [0.4, 0.5) is 19.0 Å². The zero-order chi connectivity index (χ0) is 28.7. The van der Waals surface area contributed by atoms with Crippen LogP contribution in [-0.2, 0) is 12.6 Å². The molecule has 218 valence electrons. The normalized spacial score (nSPS) is 23.2. The van der Waals surface area contributed by atoms with Gasteiger partial charge < -0.3 is 19.8 Å². The number of imidazole rings is 1. The Morgan fingerprint density at radius 3 is 2.78 bits per heavy atom. The Balaban J connectivity index is 1.04. The fourth-order valence-electron chi connectivity index (χ4n) is 6.64. The number of nitrogens with one attached hydrogen (secondary N) is 2. The van der Waals surface area contributed by atoms with Crippen molar-refractivity contribution in [3.63, 3.8) is 0 Å². The van der Waals surface area contributed by atoms with Gasteiger partial charge >= 0.3 is 6.18 Å². The van der Waals surface area contributed by atoms with Crippen molar-refractivity contribution in [1.82, 2.24) is 29.4 Å². The number of fused-ring (bicyclic) bond motifs is 2. The minimum atomic E-state index is -4.35. The second kappa shape index (κ2) is 11.1. The maximum Gasteiger partial charge on any atom is 0.416 e. The second-order valence-corrected chi connectivity index (χ2v) is 12.0. The molecule has 2 saturated carbocycles. The van der Waals surface area contributed by atoms with Crippen LogP contribution < -0.4 is 5.32 Å². The molecular weight excluding hydrogens is 527 g/mol. The van der Waals surface area contributed by atoms with Gasteiger partial charge in [-0.2, -0.15) is 13.2 Å². The zero-order valence-corrected chi connectivity index (χ0v) is 23.7. The second-order valence-electron chi connectivity index (χ2n) is 12.0. The Bertz CT molecular complexity index is 1520. The topological polar surface area (TPSA) is 74.7 Å². The van der Waals surface area contributed by atoms with Gasteiger partial charge in [0.2, 0.25) is 0 Å². The number of unbranched alkanes of at least 4 members (excludes halogenated alkanes) is 1. The molecule has 0 bridgehead atoms. The average Bonchev–Trinajstić information content (AvgIpc) is 3.36. The number of aromatic nitrogens is 5. The summed E-state index contributed by atoms with van der Waals surface area (Å²) in [6.07, 6.45) is 7.71. The molecule has 0 spiro atoms. The Kier molecular flexibility index (Phi) is 7.52. The van der Waals surface area contributed by atoms with Crippen LogP contribution in [0.1, 0.15) is 56.5 Å². The number of halogens is 3. The zero-order valence-electron chi connectivity index (χ0n) is 23.7. The van der Waals surface area contributed by atoms with Gasteiger partial charge in [-0.25, -0.2) is 15.0 Å². The van der Waals surface area contributed by atoms with Gasteiger partial charge in [0, 0.05) is 31.2 Å². The molecule has 2 aliphatic rings. The summed E-state index contributed by atoms with van der Waals surface area (Å²) in [5.41, 5.74) is 1.35. The van der Waals surface area contributed by atoms with E-state index in [1.807, 2.05) is 0 Å². The van der Waals surface area contributed by atoms with Crippen molar-refractivity contribution in [1.29, 1.82) is 0 Å². The van der Waals surface area contributed by atoms with Crippen molar-refractivity contribution in [2.75, 3.05) is 25.5 Å². The molecule has 0 radical (unpaired) electrons. The van der Waals surface area contributed by atoms with Crippen LogP contribution in [-0.4, -0.2) is 55.6 Å². The minimum absolute atomic E-state index is 0.350. The first kappa shape index (κ1) is 27.8. The molecule has 4 unspecified atom stereocenters. The number of aromatic amines is 1. The Labute approximate surface area is 238 Å². The molecule has 1 aromatic carbocycles. The molecule has 6 rings (SSSR count). The Morgan fingerprint density at radius 1 is 1.20 bits per heavy atom. The maximum atomic E-state index is 13.0. The third-order valence-electron chi connectivity index (χ3n) is 8.97. The summed E-state index contributed by atoms with van der Waals surface area (Å²) in [5, 5.41) is 4.63. The molecule has 4 atom stereocenters. The van der Waals surface area contributed by atoms with E-state index in [0.29, 0.717) is 47.3 Å². The number of allylic oxidation sites excluding steroid dienone is 1. The van der Waals surface area contributed by atoms with Crippen LogP contribution in [0.5, 0.6) is 0 Å². The number of benzene rings is 1. The molecule has 3 aromatic heterocycles. The third kappa shape index (κ3) is 5.84. The standard InChI is InChI=1S/C31H38F3N7/c1-4-23-19(2)27(41-14-12-24-29(37-22-9-10-22)35-18-36-30(24)41)15-20(23)17-40(3)13-6-5-7-28-38-25-11-8-21(31(32,33)34)16-26(25)39-28/h4,8,11-12,14,16,18-20,22-23,27H,1,5-7,9-10,13,15,17H2,2-3H3,(H,38,39)(H,35,36,37). The van der Waals surface area contributed by atoms with Gasteiger partial charge in [0.25, 0.3) is 0 Å². The van der Waals surface area contributed by atoms with Crippen LogP contribution in [0, 0.1) is 17.8 Å². The number of H-pyrrole nitrogens is 1. The predicted octanol–water partition coefficient (Wildman–Crippen LogP) is 6.85. The monoisotopic (exact) mass is 565 g/mol. The molecule has 4 aromatic rings. The summed E-state index contributed by atoms with van der Waals surface area (Å²) in [7, 11) is 2.17. The van der Waals surface area contributed by atoms with Gasteiger partial charge in [0.05, 0.1) is 22.0 Å². The van der Waals surface area contributed by atoms with Gasteiger partial charge in [-0.05, 0) is 87.7 Å². The lowest BCUT2D eigenvalue weighted by Crippen LogP contribution is -2.29. The fourth-order valence-corrected chi connectivity index (χ4v) is 6.64. The van der Waals surface area contributed by atoms with E-state index in [4.69, 9.17) is 0 Å². The number of rotatable bonds is 11. The summed E-state index contributed by atoms with van der Waals surface area (Å²) in [5.74, 6) is 3.04. The molecule has 2 N–H and O–H groups in total. The first-order chi connectivity index (χ1) is 19.7. The maximum absolute atomic E-state index is 13.0. The number of hydrogen-bond donors (Lipinski definition) is 2. The smallest absolute Gasteiger partial charge is 0.367 e. The summed E-state index contributed by atoms with van der Waals surface area (Å²) in [6, 6.07) is 6.69. The van der Waals surface area contributed by atoms with Crippen LogP contribution in [0.25, 0.3) is 22.1 Å². The minimum Gasteiger partial charge on any atom is -0.367 e. The van der Waals surface area contributed by atoms with E-state index in [2.05, 4.69) is 73.6 Å². The summed E-state index contributed by atoms with van der Waals surface area (Å²) in [4.78, 5) is 19.1. The molecule has 0 aliphatic heterocycles. The van der Waals surface area contributed by atoms with Gasteiger partial charge in [-0.1, -0.05) is 13.0 Å². The van der Waals surface area contributed by atoms with Crippen molar-refractivity contribution < 1.29 is 13.2 Å². The molecule has 3 heterocycles. The summed E-state index contributed by atoms with van der Waals surface area (Å²) in [6.45, 7) is 8.47. The van der Waals surface area contributed by atoms with Crippen LogP contribution in [0.15, 0.2) is 49.4 Å².